The maximum Gasteiger partial charge on any atom is 0.338 e. The molecule has 1 aliphatic carbocycles. The van der Waals surface area contributed by atoms with Crippen LogP contribution in [0.2, 0.25) is 0 Å². The summed E-state index contributed by atoms with van der Waals surface area (Å²) in [6.45, 7) is 0. The number of rotatable bonds is 5. The highest BCUT2D eigenvalue weighted by Gasteiger charge is 2.29. The van der Waals surface area contributed by atoms with Gasteiger partial charge in [-0.25, -0.2) is 4.79 Å². The van der Waals surface area contributed by atoms with Crippen LogP contribution < -0.4 is 14.2 Å². The summed E-state index contributed by atoms with van der Waals surface area (Å²) in [7, 11) is 4.47. The van der Waals surface area contributed by atoms with Crippen LogP contribution in [0.1, 0.15) is 36.0 Å². The molecule has 1 aliphatic rings. The van der Waals surface area contributed by atoms with Crippen LogP contribution in [0.5, 0.6) is 17.2 Å². The van der Waals surface area contributed by atoms with E-state index in [0.29, 0.717) is 29.2 Å². The molecule has 0 amide bonds. The highest BCUT2D eigenvalue weighted by atomic mass is 16.5. The zero-order chi connectivity index (χ0) is 16.8. The number of methoxy groups -OCH3 is 3. The van der Waals surface area contributed by atoms with Crippen LogP contribution in [0.4, 0.5) is 0 Å². The maximum absolute atomic E-state index is 12.4. The average Bonchev–Trinajstić information content (AvgIpc) is 2.60. The van der Waals surface area contributed by atoms with Crippen molar-refractivity contribution in [2.24, 2.45) is 5.92 Å². The van der Waals surface area contributed by atoms with Gasteiger partial charge >= 0.3 is 5.97 Å². The second kappa shape index (κ2) is 7.73. The number of nitriles is 1. The summed E-state index contributed by atoms with van der Waals surface area (Å²) in [4.78, 5) is 12.4. The Kier molecular flexibility index (Phi) is 5.69. The molecule has 124 valence electrons. The average molecular weight is 319 g/mol. The zero-order valence-corrected chi connectivity index (χ0v) is 13.6. The molecule has 0 saturated heterocycles. The maximum atomic E-state index is 12.4. The molecule has 1 saturated carbocycles. The van der Waals surface area contributed by atoms with Crippen LogP contribution in [-0.4, -0.2) is 33.4 Å². The van der Waals surface area contributed by atoms with Gasteiger partial charge in [0.1, 0.15) is 6.10 Å². The van der Waals surface area contributed by atoms with E-state index in [2.05, 4.69) is 6.07 Å². The molecule has 2 rings (SSSR count). The van der Waals surface area contributed by atoms with Gasteiger partial charge in [-0.2, -0.15) is 5.26 Å². The Morgan fingerprint density at radius 3 is 2.22 bits per heavy atom. The lowest BCUT2D eigenvalue weighted by molar-refractivity contribution is 0.0107. The molecule has 6 nitrogen and oxygen atoms in total. The Labute approximate surface area is 135 Å². The van der Waals surface area contributed by atoms with Crippen molar-refractivity contribution in [2.75, 3.05) is 21.3 Å². The van der Waals surface area contributed by atoms with Crippen LogP contribution >= 0.6 is 0 Å². The van der Waals surface area contributed by atoms with Gasteiger partial charge in [-0.05, 0) is 31.4 Å². The fourth-order valence-electron chi connectivity index (χ4n) is 2.79. The van der Waals surface area contributed by atoms with E-state index in [1.807, 2.05) is 0 Å². The summed E-state index contributed by atoms with van der Waals surface area (Å²) in [5.74, 6) is 0.462. The molecule has 0 N–H and O–H groups in total. The molecule has 0 aromatic heterocycles. The van der Waals surface area contributed by atoms with E-state index in [0.717, 1.165) is 19.3 Å². The molecular weight excluding hydrogens is 298 g/mol. The first-order valence-corrected chi connectivity index (χ1v) is 7.55. The van der Waals surface area contributed by atoms with Gasteiger partial charge in [-0.15, -0.1) is 0 Å². The number of hydrogen-bond donors (Lipinski definition) is 0. The van der Waals surface area contributed by atoms with Crippen molar-refractivity contribution in [1.82, 2.24) is 0 Å². The van der Waals surface area contributed by atoms with Crippen molar-refractivity contribution in [2.45, 2.75) is 31.8 Å². The van der Waals surface area contributed by atoms with Crippen LogP contribution in [0.15, 0.2) is 12.1 Å². The molecular formula is C17H21NO5. The Hall–Kier alpha value is -2.42. The Morgan fingerprint density at radius 1 is 1.09 bits per heavy atom. The molecule has 1 fully saturated rings. The number of esters is 1. The number of ether oxygens (including phenoxy) is 4. The van der Waals surface area contributed by atoms with Crippen molar-refractivity contribution >= 4 is 5.97 Å². The van der Waals surface area contributed by atoms with Crippen LogP contribution in [0.3, 0.4) is 0 Å². The number of hydrogen-bond acceptors (Lipinski definition) is 6. The molecule has 0 spiro atoms. The van der Waals surface area contributed by atoms with Crippen molar-refractivity contribution in [1.29, 1.82) is 5.26 Å². The van der Waals surface area contributed by atoms with E-state index in [4.69, 9.17) is 18.9 Å². The lowest BCUT2D eigenvalue weighted by Gasteiger charge is -2.26. The van der Waals surface area contributed by atoms with Crippen LogP contribution in [0, 0.1) is 17.2 Å². The predicted molar refractivity (Wildman–Crippen MR) is 82.9 cm³/mol. The van der Waals surface area contributed by atoms with Gasteiger partial charge < -0.3 is 18.9 Å². The van der Waals surface area contributed by atoms with Crippen molar-refractivity contribution in [3.05, 3.63) is 17.7 Å². The van der Waals surface area contributed by atoms with E-state index in [1.54, 1.807) is 12.1 Å². The molecule has 0 heterocycles. The number of nitrogens with zero attached hydrogens (tertiary/aromatic N) is 1. The third-order valence-electron chi connectivity index (χ3n) is 4.03. The summed E-state index contributed by atoms with van der Waals surface area (Å²) in [5, 5.41) is 9.18. The summed E-state index contributed by atoms with van der Waals surface area (Å²) >= 11 is 0. The molecule has 1 aromatic carbocycles. The third kappa shape index (κ3) is 3.67. The lowest BCUT2D eigenvalue weighted by Crippen LogP contribution is -2.29. The minimum Gasteiger partial charge on any atom is -0.493 e. The number of benzene rings is 1. The minimum atomic E-state index is -0.489. The Bertz CT molecular complexity index is 582. The van der Waals surface area contributed by atoms with Gasteiger partial charge in [0.05, 0.1) is 38.9 Å². The first kappa shape index (κ1) is 16.9. The molecule has 23 heavy (non-hydrogen) atoms. The molecule has 0 unspecified atom stereocenters. The fraction of sp³-hybridized carbons (Fsp3) is 0.529. The Morgan fingerprint density at radius 2 is 1.70 bits per heavy atom. The van der Waals surface area contributed by atoms with E-state index < -0.39 is 5.97 Å². The first-order valence-electron chi connectivity index (χ1n) is 7.55. The smallest absolute Gasteiger partial charge is 0.338 e. The van der Waals surface area contributed by atoms with E-state index in [9.17, 15) is 10.1 Å². The van der Waals surface area contributed by atoms with E-state index >= 15 is 0 Å². The molecule has 0 aliphatic heterocycles. The van der Waals surface area contributed by atoms with E-state index in [-0.39, 0.29) is 12.0 Å². The van der Waals surface area contributed by atoms with Crippen LogP contribution in [-0.2, 0) is 4.74 Å². The monoisotopic (exact) mass is 319 g/mol. The van der Waals surface area contributed by atoms with Gasteiger partial charge in [0.15, 0.2) is 11.5 Å². The van der Waals surface area contributed by atoms with Crippen molar-refractivity contribution in [3.8, 4) is 23.3 Å². The van der Waals surface area contributed by atoms with Gasteiger partial charge in [0, 0.05) is 0 Å². The quantitative estimate of drug-likeness (QED) is 0.777. The minimum absolute atomic E-state index is 0.241. The fourth-order valence-corrected chi connectivity index (χ4v) is 2.79. The normalized spacial score (nSPS) is 20.3. The van der Waals surface area contributed by atoms with Gasteiger partial charge in [0.2, 0.25) is 5.75 Å². The summed E-state index contributed by atoms with van der Waals surface area (Å²) in [6.07, 6.45) is 3.08. The highest BCUT2D eigenvalue weighted by Crippen LogP contribution is 2.38. The largest absolute Gasteiger partial charge is 0.493 e. The second-order valence-corrected chi connectivity index (χ2v) is 5.38. The molecule has 0 bridgehead atoms. The summed E-state index contributed by atoms with van der Waals surface area (Å²) < 4.78 is 21.2. The first-order chi connectivity index (χ1) is 11.1. The lowest BCUT2D eigenvalue weighted by atomic mass is 9.87. The van der Waals surface area contributed by atoms with Crippen molar-refractivity contribution < 1.29 is 23.7 Å². The number of carbonyl (C=O) groups is 1. The standard InChI is InChI=1S/C17H21NO5/c1-20-14-8-12(9-15(21-2)16(14)22-3)17(19)23-13-7-5-4-6-11(13)10-18/h8-9,11,13H,4-7H2,1-3H3/t11-,13-/m1/s1. The molecule has 1 aromatic rings. The zero-order valence-electron chi connectivity index (χ0n) is 13.6. The van der Waals surface area contributed by atoms with Crippen molar-refractivity contribution in [3.63, 3.8) is 0 Å². The summed E-state index contributed by atoms with van der Waals surface area (Å²) in [6, 6.07) is 5.33. The van der Waals surface area contributed by atoms with E-state index in [1.165, 1.54) is 21.3 Å². The molecule has 6 heteroatoms. The van der Waals surface area contributed by atoms with Gasteiger partial charge in [0.25, 0.3) is 0 Å². The number of carbonyl (C=O) groups excluding carboxylic acids is 1. The SMILES string of the molecule is COc1cc(C(=O)O[C@@H]2CCCC[C@@H]2C#N)cc(OC)c1OC. The highest BCUT2D eigenvalue weighted by molar-refractivity contribution is 5.91. The van der Waals surface area contributed by atoms with Crippen LogP contribution in [0.25, 0.3) is 0 Å². The third-order valence-corrected chi connectivity index (χ3v) is 4.03. The topological polar surface area (TPSA) is 77.8 Å². The predicted octanol–water partition coefficient (Wildman–Crippen LogP) is 2.95. The molecule has 0 radical (unpaired) electrons. The van der Waals surface area contributed by atoms with Gasteiger partial charge in [-0.3, -0.25) is 0 Å². The second-order valence-electron chi connectivity index (χ2n) is 5.38. The summed E-state index contributed by atoms with van der Waals surface area (Å²) in [5.41, 5.74) is 0.307. The van der Waals surface area contributed by atoms with Gasteiger partial charge in [-0.1, -0.05) is 6.42 Å². The molecule has 2 atom stereocenters. The Balaban J connectivity index is 2.23.